The maximum atomic E-state index is 15.0. The zero-order valence-electron chi connectivity index (χ0n) is 22.5. The van der Waals surface area contributed by atoms with Crippen molar-refractivity contribution in [2.24, 2.45) is 0 Å². The van der Waals surface area contributed by atoms with Crippen molar-refractivity contribution in [3.05, 3.63) is 91.9 Å². The predicted octanol–water partition coefficient (Wildman–Crippen LogP) is 4.85. The molecule has 39 heavy (non-hydrogen) atoms. The van der Waals surface area contributed by atoms with Crippen LogP contribution in [0.1, 0.15) is 58.8 Å². The maximum Gasteiger partial charge on any atom is 0.276 e. The lowest BCUT2D eigenvalue weighted by Crippen LogP contribution is -2.49. The summed E-state index contributed by atoms with van der Waals surface area (Å²) < 4.78 is 16.3. The second-order valence-electron chi connectivity index (χ2n) is 10.3. The Morgan fingerprint density at radius 3 is 2.62 bits per heavy atom. The van der Waals surface area contributed by atoms with E-state index in [2.05, 4.69) is 45.3 Å². The molecule has 8 nitrogen and oxygen atoms in total. The van der Waals surface area contributed by atoms with Crippen LogP contribution in [0.4, 0.5) is 4.39 Å². The molecule has 3 unspecified atom stereocenters. The van der Waals surface area contributed by atoms with Crippen LogP contribution >= 0.6 is 11.6 Å². The molecule has 1 N–H and O–H groups in total. The Hall–Kier alpha value is -3.69. The molecule has 1 aromatic carbocycles. The van der Waals surface area contributed by atoms with Gasteiger partial charge in [-0.25, -0.2) is 14.1 Å². The van der Waals surface area contributed by atoms with E-state index in [0.717, 1.165) is 22.9 Å². The molecule has 5 rings (SSSR count). The molecule has 0 aliphatic carbocycles. The fourth-order valence-corrected chi connectivity index (χ4v) is 5.41. The molecule has 10 heteroatoms. The lowest BCUT2D eigenvalue weighted by atomic mass is 9.88. The van der Waals surface area contributed by atoms with Crippen molar-refractivity contribution < 1.29 is 9.18 Å². The lowest BCUT2D eigenvalue weighted by molar-refractivity contribution is 0.0791. The Morgan fingerprint density at radius 1 is 1.13 bits per heavy atom. The van der Waals surface area contributed by atoms with Gasteiger partial charge in [0.1, 0.15) is 17.0 Å². The predicted molar refractivity (Wildman–Crippen MR) is 149 cm³/mol. The lowest BCUT2D eigenvalue weighted by Gasteiger charge is -2.42. The summed E-state index contributed by atoms with van der Waals surface area (Å²) in [5.74, 6) is -1.25. The van der Waals surface area contributed by atoms with Crippen LogP contribution in [0.5, 0.6) is 0 Å². The average Bonchev–Trinajstić information content (AvgIpc) is 2.88. The van der Waals surface area contributed by atoms with Gasteiger partial charge in [-0.1, -0.05) is 11.6 Å². The van der Waals surface area contributed by atoms with Gasteiger partial charge in [-0.3, -0.25) is 19.5 Å². The average molecular weight is 549 g/mol. The van der Waals surface area contributed by atoms with Gasteiger partial charge >= 0.3 is 0 Å². The molecule has 0 bridgehead atoms. The number of nitrogens with one attached hydrogen (secondary N) is 1. The normalized spacial score (nSPS) is 19.8. The fourth-order valence-electron chi connectivity index (χ4n) is 5.25. The Bertz CT molecular complexity index is 1660. The van der Waals surface area contributed by atoms with Crippen molar-refractivity contribution in [2.45, 2.75) is 58.7 Å². The van der Waals surface area contributed by atoms with Gasteiger partial charge in [0, 0.05) is 40.7 Å². The third-order valence-electron chi connectivity index (χ3n) is 7.62. The molecule has 1 saturated heterocycles. The Morgan fingerprint density at radius 2 is 1.90 bits per heavy atom. The molecule has 1 amide bonds. The van der Waals surface area contributed by atoms with Crippen LogP contribution in [0.25, 0.3) is 16.7 Å². The first-order valence-corrected chi connectivity index (χ1v) is 13.2. The highest BCUT2D eigenvalue weighted by Gasteiger charge is 2.34. The number of carbonyl (C=O) groups is 1. The molecule has 4 heterocycles. The van der Waals surface area contributed by atoms with Gasteiger partial charge in [0.15, 0.2) is 5.69 Å². The molecule has 4 aromatic rings. The quantitative estimate of drug-likeness (QED) is 0.392. The van der Waals surface area contributed by atoms with Gasteiger partial charge < -0.3 is 5.32 Å². The number of amides is 1. The Balaban J connectivity index is 1.55. The van der Waals surface area contributed by atoms with Crippen LogP contribution in [-0.2, 0) is 0 Å². The topological polar surface area (TPSA) is 93.0 Å². The number of nitrogens with zero attached hydrogens (tertiary/aromatic N) is 5. The smallest absolute Gasteiger partial charge is 0.276 e. The van der Waals surface area contributed by atoms with Gasteiger partial charge in [0.25, 0.3) is 5.91 Å². The molecular formula is C29H30ClFN6O2. The minimum absolute atomic E-state index is 0.0504. The van der Waals surface area contributed by atoms with Gasteiger partial charge in [-0.2, -0.15) is 5.10 Å². The molecule has 3 aromatic heterocycles. The van der Waals surface area contributed by atoms with E-state index >= 15 is 4.39 Å². The molecule has 0 radical (unpaired) electrons. The van der Waals surface area contributed by atoms with E-state index in [1.807, 2.05) is 19.9 Å². The van der Waals surface area contributed by atoms with Crippen molar-refractivity contribution in [1.29, 1.82) is 0 Å². The van der Waals surface area contributed by atoms with E-state index in [9.17, 15) is 9.59 Å². The summed E-state index contributed by atoms with van der Waals surface area (Å²) in [6.07, 6.45) is 3.15. The summed E-state index contributed by atoms with van der Waals surface area (Å²) in [7, 11) is 2.07. The van der Waals surface area contributed by atoms with Crippen molar-refractivity contribution >= 4 is 28.5 Å². The van der Waals surface area contributed by atoms with Crippen molar-refractivity contribution in [2.75, 3.05) is 7.05 Å². The Labute approximate surface area is 230 Å². The van der Waals surface area contributed by atoms with E-state index in [1.54, 1.807) is 19.2 Å². The first kappa shape index (κ1) is 26.9. The first-order valence-electron chi connectivity index (χ1n) is 12.9. The third-order valence-corrected chi connectivity index (χ3v) is 7.85. The molecule has 202 valence electrons. The van der Waals surface area contributed by atoms with Gasteiger partial charge in [0.05, 0.1) is 5.52 Å². The van der Waals surface area contributed by atoms with Crippen molar-refractivity contribution in [3.8, 4) is 5.69 Å². The van der Waals surface area contributed by atoms with Crippen molar-refractivity contribution in [1.82, 2.24) is 30.0 Å². The highest BCUT2D eigenvalue weighted by atomic mass is 35.5. The number of aromatic nitrogens is 4. The minimum Gasteiger partial charge on any atom is -0.348 e. The van der Waals surface area contributed by atoms with Gasteiger partial charge in [-0.15, -0.1) is 0 Å². The Kier molecular flexibility index (Phi) is 7.22. The van der Waals surface area contributed by atoms with E-state index < -0.39 is 17.2 Å². The standard InChI is InChI=1S/C29H30ClFN6O2/c1-15-10-25-26(33-18(15)4)28(38)27(35-37(25)23-7-6-20(30)13-22(23)31)29(39)34-21-12-17(3)36(5)24(14-21)19-8-9-32-16(2)11-19/h6-11,13,17,21,24H,12,14H2,1-5H3,(H,34,39). The molecule has 1 aliphatic heterocycles. The monoisotopic (exact) mass is 548 g/mol. The van der Waals surface area contributed by atoms with Crippen LogP contribution in [0.15, 0.2) is 47.4 Å². The molecule has 3 atom stereocenters. The summed E-state index contributed by atoms with van der Waals surface area (Å²) in [5, 5.41) is 7.63. The van der Waals surface area contributed by atoms with Gasteiger partial charge in [0.2, 0.25) is 5.43 Å². The molecule has 1 aliphatic rings. The van der Waals surface area contributed by atoms with Crippen LogP contribution in [0.2, 0.25) is 5.02 Å². The first-order chi connectivity index (χ1) is 18.5. The van der Waals surface area contributed by atoms with Crippen LogP contribution in [-0.4, -0.2) is 49.7 Å². The number of carbonyl (C=O) groups excluding carboxylic acids is 1. The second-order valence-corrected chi connectivity index (χ2v) is 10.8. The van der Waals surface area contributed by atoms with E-state index in [0.29, 0.717) is 24.1 Å². The number of hydrogen-bond acceptors (Lipinski definition) is 6. The van der Waals surface area contributed by atoms with Gasteiger partial charge in [-0.05, 0) is 95.1 Å². The molecule has 1 fully saturated rings. The van der Waals surface area contributed by atoms with Crippen LogP contribution in [0, 0.1) is 26.6 Å². The SMILES string of the molecule is Cc1cc(C2CC(NC(=O)c3nn(-c4ccc(Cl)cc4F)c4cc(C)c(C)nc4c3=O)CC(C)N2C)ccn1. The largest absolute Gasteiger partial charge is 0.348 e. The van der Waals surface area contributed by atoms with E-state index in [-0.39, 0.29) is 40.0 Å². The number of aryl methyl sites for hydroxylation is 3. The summed E-state index contributed by atoms with van der Waals surface area (Å²) in [6, 6.07) is 9.97. The number of pyridine rings is 2. The molecular weight excluding hydrogens is 519 g/mol. The van der Waals surface area contributed by atoms with E-state index in [4.69, 9.17) is 11.6 Å². The van der Waals surface area contributed by atoms with E-state index in [1.165, 1.54) is 16.8 Å². The minimum atomic E-state index is -0.635. The summed E-state index contributed by atoms with van der Waals surface area (Å²) in [6.45, 7) is 7.69. The fraction of sp³-hybridized carbons (Fsp3) is 0.345. The molecule has 0 saturated carbocycles. The summed E-state index contributed by atoms with van der Waals surface area (Å²) >= 11 is 5.97. The zero-order chi connectivity index (χ0) is 28.0. The second kappa shape index (κ2) is 10.5. The zero-order valence-corrected chi connectivity index (χ0v) is 23.3. The number of benzene rings is 1. The number of halogens is 2. The van der Waals surface area contributed by atoms with Crippen molar-refractivity contribution in [3.63, 3.8) is 0 Å². The molecule has 0 spiro atoms. The number of fused-ring (bicyclic) bond motifs is 1. The number of hydrogen-bond donors (Lipinski definition) is 1. The third kappa shape index (κ3) is 5.16. The number of likely N-dealkylation sites (tertiary alicyclic amines) is 1. The van der Waals surface area contributed by atoms with Crippen LogP contribution < -0.4 is 10.7 Å². The maximum absolute atomic E-state index is 15.0. The number of piperidine rings is 1. The highest BCUT2D eigenvalue weighted by molar-refractivity contribution is 6.30. The number of rotatable bonds is 4. The van der Waals surface area contributed by atoms with Crippen LogP contribution in [0.3, 0.4) is 0 Å². The summed E-state index contributed by atoms with van der Waals surface area (Å²) in [5.41, 5.74) is 2.97. The highest BCUT2D eigenvalue weighted by Crippen LogP contribution is 2.33. The summed E-state index contributed by atoms with van der Waals surface area (Å²) in [4.78, 5) is 38.1.